The highest BCUT2D eigenvalue weighted by Gasteiger charge is 2.08. The molecule has 1 unspecified atom stereocenters. The second kappa shape index (κ2) is 8.59. The van der Waals surface area contributed by atoms with Crippen LogP contribution >= 0.6 is 11.6 Å². The highest BCUT2D eigenvalue weighted by Crippen LogP contribution is 2.07. The van der Waals surface area contributed by atoms with E-state index >= 15 is 0 Å². The van der Waals surface area contributed by atoms with E-state index in [0.717, 1.165) is 12.0 Å². The highest BCUT2D eigenvalue weighted by molar-refractivity contribution is 6.17. The molecule has 0 aliphatic heterocycles. The predicted molar refractivity (Wildman–Crippen MR) is 80.8 cm³/mol. The number of amides is 2. The van der Waals surface area contributed by atoms with Gasteiger partial charge in [-0.3, -0.25) is 9.59 Å². The Morgan fingerprint density at radius 2 is 2.10 bits per heavy atom. The Hall–Kier alpha value is -1.55. The van der Waals surface area contributed by atoms with Gasteiger partial charge in [-0.2, -0.15) is 0 Å². The molecule has 110 valence electrons. The van der Waals surface area contributed by atoms with Crippen LogP contribution in [0.3, 0.4) is 0 Å². The van der Waals surface area contributed by atoms with E-state index < -0.39 is 0 Å². The Balaban J connectivity index is 2.38. The minimum absolute atomic E-state index is 0.0471. The third kappa shape index (κ3) is 5.61. The van der Waals surface area contributed by atoms with Gasteiger partial charge in [-0.25, -0.2) is 0 Å². The van der Waals surface area contributed by atoms with Crippen molar-refractivity contribution >= 4 is 23.4 Å². The number of carbonyl (C=O) groups excluding carboxylic acids is 2. The van der Waals surface area contributed by atoms with Crippen molar-refractivity contribution in [3.8, 4) is 0 Å². The van der Waals surface area contributed by atoms with Gasteiger partial charge in [0.25, 0.3) is 5.91 Å². The standard InChI is InChI=1S/C15H21ClN2O2/c1-3-11(2)18-14(19)7-8-17-15(20)13-6-4-5-12(9-13)10-16/h4-6,9,11H,3,7-8,10H2,1-2H3,(H,17,20)(H,18,19). The van der Waals surface area contributed by atoms with Gasteiger partial charge in [0, 0.05) is 30.5 Å². The quantitative estimate of drug-likeness (QED) is 0.759. The zero-order valence-corrected chi connectivity index (χ0v) is 12.7. The van der Waals surface area contributed by atoms with Crippen molar-refractivity contribution < 1.29 is 9.59 Å². The van der Waals surface area contributed by atoms with E-state index in [1.807, 2.05) is 19.9 Å². The second-order valence-corrected chi connectivity index (χ2v) is 4.98. The van der Waals surface area contributed by atoms with Crippen molar-refractivity contribution in [1.82, 2.24) is 10.6 Å². The van der Waals surface area contributed by atoms with E-state index in [1.54, 1.807) is 18.2 Å². The number of benzene rings is 1. The molecule has 2 N–H and O–H groups in total. The van der Waals surface area contributed by atoms with Crippen LogP contribution in [0, 0.1) is 0 Å². The maximum absolute atomic E-state index is 11.9. The first-order chi connectivity index (χ1) is 9.56. The zero-order chi connectivity index (χ0) is 15.0. The topological polar surface area (TPSA) is 58.2 Å². The summed E-state index contributed by atoms with van der Waals surface area (Å²) in [7, 11) is 0. The molecule has 5 heteroatoms. The van der Waals surface area contributed by atoms with Crippen molar-refractivity contribution in [2.75, 3.05) is 6.54 Å². The van der Waals surface area contributed by atoms with Crippen LogP contribution in [-0.2, 0) is 10.7 Å². The van der Waals surface area contributed by atoms with Crippen molar-refractivity contribution in [2.45, 2.75) is 38.6 Å². The largest absolute Gasteiger partial charge is 0.354 e. The molecule has 0 fully saturated rings. The van der Waals surface area contributed by atoms with Crippen LogP contribution in [0.4, 0.5) is 0 Å². The zero-order valence-electron chi connectivity index (χ0n) is 11.9. The molecule has 0 bridgehead atoms. The Labute approximate surface area is 124 Å². The third-order valence-corrected chi connectivity index (χ3v) is 3.31. The summed E-state index contributed by atoms with van der Waals surface area (Å²) in [6, 6.07) is 7.30. The van der Waals surface area contributed by atoms with Gasteiger partial charge in [0.2, 0.25) is 5.91 Å². The van der Waals surface area contributed by atoms with E-state index in [9.17, 15) is 9.59 Å². The number of nitrogens with one attached hydrogen (secondary N) is 2. The lowest BCUT2D eigenvalue weighted by Gasteiger charge is -2.11. The lowest BCUT2D eigenvalue weighted by Crippen LogP contribution is -2.35. The number of carbonyl (C=O) groups is 2. The average Bonchev–Trinajstić information content (AvgIpc) is 2.46. The molecular formula is C15H21ClN2O2. The molecular weight excluding hydrogens is 276 g/mol. The van der Waals surface area contributed by atoms with Crippen molar-refractivity contribution in [2.24, 2.45) is 0 Å². The molecule has 0 saturated heterocycles. The summed E-state index contributed by atoms with van der Waals surface area (Å²) in [6.45, 7) is 4.29. The summed E-state index contributed by atoms with van der Waals surface area (Å²) in [5.41, 5.74) is 1.46. The lowest BCUT2D eigenvalue weighted by atomic mass is 10.1. The van der Waals surface area contributed by atoms with E-state index in [4.69, 9.17) is 11.6 Å². The maximum atomic E-state index is 11.9. The van der Waals surface area contributed by atoms with Gasteiger partial charge < -0.3 is 10.6 Å². The first-order valence-electron chi connectivity index (χ1n) is 6.79. The highest BCUT2D eigenvalue weighted by atomic mass is 35.5. The Kier molecular flexibility index (Phi) is 7.09. The molecule has 1 rings (SSSR count). The van der Waals surface area contributed by atoms with Crippen LogP contribution in [0.25, 0.3) is 0 Å². The van der Waals surface area contributed by atoms with E-state index in [-0.39, 0.29) is 24.3 Å². The number of halogens is 1. The SMILES string of the molecule is CCC(C)NC(=O)CCNC(=O)c1cccc(CCl)c1. The molecule has 4 nitrogen and oxygen atoms in total. The van der Waals surface area contributed by atoms with E-state index in [0.29, 0.717) is 18.0 Å². The van der Waals surface area contributed by atoms with Gasteiger partial charge in [-0.15, -0.1) is 11.6 Å². The minimum atomic E-state index is -0.187. The van der Waals surface area contributed by atoms with Crippen LogP contribution in [0.2, 0.25) is 0 Å². The van der Waals surface area contributed by atoms with Crippen molar-refractivity contribution in [1.29, 1.82) is 0 Å². The van der Waals surface area contributed by atoms with E-state index in [2.05, 4.69) is 10.6 Å². The monoisotopic (exact) mass is 296 g/mol. The fourth-order valence-corrected chi connectivity index (χ4v) is 1.80. The second-order valence-electron chi connectivity index (χ2n) is 4.72. The molecule has 0 aliphatic rings. The van der Waals surface area contributed by atoms with Gasteiger partial charge in [0.15, 0.2) is 0 Å². The molecule has 0 heterocycles. The normalized spacial score (nSPS) is 11.8. The molecule has 2 amide bonds. The molecule has 20 heavy (non-hydrogen) atoms. The fraction of sp³-hybridized carbons (Fsp3) is 0.467. The number of rotatable bonds is 7. The molecule has 1 aromatic carbocycles. The average molecular weight is 297 g/mol. The summed E-state index contributed by atoms with van der Waals surface area (Å²) in [5.74, 6) is 0.140. The Morgan fingerprint density at radius 3 is 2.75 bits per heavy atom. The Morgan fingerprint density at radius 1 is 1.35 bits per heavy atom. The van der Waals surface area contributed by atoms with Gasteiger partial charge >= 0.3 is 0 Å². The van der Waals surface area contributed by atoms with Crippen LogP contribution in [-0.4, -0.2) is 24.4 Å². The summed E-state index contributed by atoms with van der Waals surface area (Å²) in [6.07, 6.45) is 1.18. The maximum Gasteiger partial charge on any atom is 0.251 e. The lowest BCUT2D eigenvalue weighted by molar-refractivity contribution is -0.121. The van der Waals surface area contributed by atoms with Crippen LogP contribution in [0.15, 0.2) is 24.3 Å². The Bertz CT molecular complexity index is 463. The van der Waals surface area contributed by atoms with Gasteiger partial charge in [0.1, 0.15) is 0 Å². The fourth-order valence-electron chi connectivity index (χ4n) is 1.64. The van der Waals surface area contributed by atoms with Gasteiger partial charge in [-0.05, 0) is 31.0 Å². The summed E-state index contributed by atoms with van der Waals surface area (Å²) < 4.78 is 0. The smallest absolute Gasteiger partial charge is 0.251 e. The van der Waals surface area contributed by atoms with Crippen LogP contribution < -0.4 is 10.6 Å². The number of hydrogen-bond donors (Lipinski definition) is 2. The van der Waals surface area contributed by atoms with Crippen LogP contribution in [0.5, 0.6) is 0 Å². The summed E-state index contributed by atoms with van der Waals surface area (Å²) in [5, 5.41) is 5.58. The molecule has 0 aliphatic carbocycles. The first-order valence-corrected chi connectivity index (χ1v) is 7.32. The van der Waals surface area contributed by atoms with Gasteiger partial charge in [0.05, 0.1) is 0 Å². The molecule has 0 aromatic heterocycles. The van der Waals surface area contributed by atoms with Crippen molar-refractivity contribution in [3.63, 3.8) is 0 Å². The third-order valence-electron chi connectivity index (χ3n) is 3.00. The molecule has 1 atom stereocenters. The number of hydrogen-bond acceptors (Lipinski definition) is 2. The molecule has 0 saturated carbocycles. The predicted octanol–water partition coefficient (Wildman–Crippen LogP) is 2.46. The molecule has 0 spiro atoms. The molecule has 1 aromatic rings. The number of alkyl halides is 1. The van der Waals surface area contributed by atoms with Crippen LogP contribution in [0.1, 0.15) is 42.6 Å². The van der Waals surface area contributed by atoms with Gasteiger partial charge in [-0.1, -0.05) is 19.1 Å². The van der Waals surface area contributed by atoms with Crippen molar-refractivity contribution in [3.05, 3.63) is 35.4 Å². The summed E-state index contributed by atoms with van der Waals surface area (Å²) in [4.78, 5) is 23.4. The summed E-state index contributed by atoms with van der Waals surface area (Å²) >= 11 is 5.73. The first kappa shape index (κ1) is 16.5. The van der Waals surface area contributed by atoms with E-state index in [1.165, 1.54) is 0 Å². The molecule has 0 radical (unpaired) electrons. The minimum Gasteiger partial charge on any atom is -0.354 e.